The molecule has 0 aliphatic carbocycles. The third-order valence-corrected chi connectivity index (χ3v) is 4.36. The molecule has 0 saturated heterocycles. The summed E-state index contributed by atoms with van der Waals surface area (Å²) in [6, 6.07) is 10.6. The Morgan fingerprint density at radius 3 is 2.30 bits per heavy atom. The van der Waals surface area contributed by atoms with Crippen LogP contribution in [0.2, 0.25) is 0 Å². The number of nitrogens with zero attached hydrogens (tertiary/aromatic N) is 2. The third-order valence-electron chi connectivity index (χ3n) is 4.36. The van der Waals surface area contributed by atoms with Gasteiger partial charge in [0.2, 0.25) is 5.91 Å². The van der Waals surface area contributed by atoms with Crippen LogP contribution in [0.3, 0.4) is 0 Å². The Bertz CT molecular complexity index is 1190. The number of rotatable bonds is 5. The fraction of sp³-hybridized carbons (Fsp3) is 0.143. The van der Waals surface area contributed by atoms with Gasteiger partial charge in [0, 0.05) is 23.5 Å². The largest absolute Gasteiger partial charge is 0.324 e. The fourth-order valence-electron chi connectivity index (χ4n) is 2.61. The van der Waals surface area contributed by atoms with Gasteiger partial charge in [0.15, 0.2) is 11.6 Å². The summed E-state index contributed by atoms with van der Waals surface area (Å²) >= 11 is 0. The van der Waals surface area contributed by atoms with Crippen molar-refractivity contribution in [3.63, 3.8) is 0 Å². The molecule has 3 rings (SSSR count). The second-order valence-corrected chi connectivity index (χ2v) is 6.64. The summed E-state index contributed by atoms with van der Waals surface area (Å²) in [5, 5.41) is 8.94. The molecule has 1 aromatic heterocycles. The smallest absolute Gasteiger partial charge is 0.276 e. The Kier molecular flexibility index (Phi) is 6.01. The van der Waals surface area contributed by atoms with E-state index in [2.05, 4.69) is 15.7 Å². The molecule has 30 heavy (non-hydrogen) atoms. The lowest BCUT2D eigenvalue weighted by Gasteiger charge is -2.10. The number of carbonyl (C=O) groups is 2. The Balaban J connectivity index is 1.73. The maximum Gasteiger partial charge on any atom is 0.276 e. The van der Waals surface area contributed by atoms with Gasteiger partial charge in [-0.25, -0.2) is 13.5 Å². The van der Waals surface area contributed by atoms with Crippen LogP contribution in [0.15, 0.2) is 53.3 Å². The maximum absolute atomic E-state index is 13.3. The van der Waals surface area contributed by atoms with Crippen LogP contribution in [-0.4, -0.2) is 21.6 Å². The molecule has 1 heterocycles. The minimum atomic E-state index is -1.12. The van der Waals surface area contributed by atoms with Crippen molar-refractivity contribution in [3.05, 3.63) is 87.3 Å². The van der Waals surface area contributed by atoms with E-state index in [1.165, 1.54) is 12.1 Å². The quantitative estimate of drug-likeness (QED) is 0.674. The van der Waals surface area contributed by atoms with Gasteiger partial charge < -0.3 is 10.6 Å². The van der Waals surface area contributed by atoms with Gasteiger partial charge in [-0.1, -0.05) is 6.07 Å². The third kappa shape index (κ3) is 4.93. The van der Waals surface area contributed by atoms with Gasteiger partial charge in [0.05, 0.1) is 0 Å². The molecule has 0 bridgehead atoms. The minimum Gasteiger partial charge on any atom is -0.324 e. The highest BCUT2D eigenvalue weighted by atomic mass is 19.2. The van der Waals surface area contributed by atoms with Crippen molar-refractivity contribution in [2.75, 3.05) is 10.6 Å². The zero-order valence-electron chi connectivity index (χ0n) is 16.2. The van der Waals surface area contributed by atoms with Crippen LogP contribution in [0.5, 0.6) is 0 Å². The normalized spacial score (nSPS) is 10.5. The first-order chi connectivity index (χ1) is 14.2. The van der Waals surface area contributed by atoms with E-state index in [0.717, 1.165) is 34.0 Å². The summed E-state index contributed by atoms with van der Waals surface area (Å²) in [5.74, 6) is -3.41. The highest BCUT2D eigenvalue weighted by Gasteiger charge is 2.13. The molecule has 154 valence electrons. The first-order valence-corrected chi connectivity index (χ1v) is 8.94. The van der Waals surface area contributed by atoms with Gasteiger partial charge in [-0.3, -0.25) is 14.4 Å². The molecular weight excluding hydrogens is 394 g/mol. The minimum absolute atomic E-state index is 0.0237. The maximum atomic E-state index is 13.3. The van der Waals surface area contributed by atoms with Crippen LogP contribution in [0, 0.1) is 25.5 Å². The lowest BCUT2D eigenvalue weighted by Crippen LogP contribution is -2.31. The molecule has 3 aromatic rings. The Hall–Kier alpha value is -3.88. The van der Waals surface area contributed by atoms with Crippen LogP contribution in [0.1, 0.15) is 21.6 Å². The standard InChI is InChI=1S/C21H18F2N4O3/c1-12-3-4-14(9-13(12)2)25-21(30)18-7-8-20(29)27(26-18)11-19(28)24-15-5-6-16(22)17(23)10-15/h3-10H,11H2,1-2H3,(H,24,28)(H,25,30). The molecule has 2 amide bonds. The van der Waals surface area contributed by atoms with Crippen molar-refractivity contribution in [2.45, 2.75) is 20.4 Å². The van der Waals surface area contributed by atoms with Gasteiger partial charge in [0.25, 0.3) is 11.5 Å². The lowest BCUT2D eigenvalue weighted by atomic mass is 10.1. The second kappa shape index (κ2) is 8.64. The van der Waals surface area contributed by atoms with Crippen molar-refractivity contribution < 1.29 is 18.4 Å². The van der Waals surface area contributed by atoms with E-state index in [1.807, 2.05) is 19.9 Å². The molecule has 0 fully saturated rings. The molecule has 0 unspecified atom stereocenters. The zero-order chi connectivity index (χ0) is 21.8. The van der Waals surface area contributed by atoms with Crippen molar-refractivity contribution in [1.29, 1.82) is 0 Å². The molecule has 0 spiro atoms. The zero-order valence-corrected chi connectivity index (χ0v) is 16.2. The topological polar surface area (TPSA) is 93.1 Å². The molecule has 0 atom stereocenters. The molecule has 9 heteroatoms. The predicted octanol–water partition coefficient (Wildman–Crippen LogP) is 3.03. The highest BCUT2D eigenvalue weighted by Crippen LogP contribution is 2.15. The number of anilines is 2. The number of amides is 2. The number of aromatic nitrogens is 2. The molecular formula is C21H18F2N4O3. The van der Waals surface area contributed by atoms with Crippen LogP contribution in [0.4, 0.5) is 20.2 Å². The molecule has 2 aromatic carbocycles. The number of halogens is 2. The highest BCUT2D eigenvalue weighted by molar-refractivity contribution is 6.02. The van der Waals surface area contributed by atoms with Crippen LogP contribution in [-0.2, 0) is 11.3 Å². The monoisotopic (exact) mass is 412 g/mol. The average Bonchev–Trinajstić information content (AvgIpc) is 2.69. The van der Waals surface area contributed by atoms with Crippen molar-refractivity contribution in [2.24, 2.45) is 0 Å². The summed E-state index contributed by atoms with van der Waals surface area (Å²) in [5.41, 5.74) is 2.01. The van der Waals surface area contributed by atoms with E-state index < -0.39 is 35.6 Å². The lowest BCUT2D eigenvalue weighted by molar-refractivity contribution is -0.117. The average molecular weight is 412 g/mol. The van der Waals surface area contributed by atoms with E-state index in [9.17, 15) is 23.2 Å². The number of aryl methyl sites for hydroxylation is 2. The van der Waals surface area contributed by atoms with E-state index in [4.69, 9.17) is 0 Å². The number of benzene rings is 2. The molecule has 0 aliphatic heterocycles. The first-order valence-electron chi connectivity index (χ1n) is 8.94. The van der Waals surface area contributed by atoms with Gasteiger partial charge in [0.1, 0.15) is 12.2 Å². The first kappa shape index (κ1) is 20.8. The Labute approximate surface area is 170 Å². The van der Waals surface area contributed by atoms with Crippen LogP contribution in [0.25, 0.3) is 0 Å². The second-order valence-electron chi connectivity index (χ2n) is 6.64. The number of carbonyl (C=O) groups excluding carboxylic acids is 2. The van der Waals surface area contributed by atoms with E-state index in [-0.39, 0.29) is 11.4 Å². The van der Waals surface area contributed by atoms with Gasteiger partial charge in [-0.15, -0.1) is 0 Å². The predicted molar refractivity (Wildman–Crippen MR) is 107 cm³/mol. The number of nitrogens with one attached hydrogen (secondary N) is 2. The summed E-state index contributed by atoms with van der Waals surface area (Å²) in [6.07, 6.45) is 0. The molecule has 0 radical (unpaired) electrons. The summed E-state index contributed by atoms with van der Waals surface area (Å²) in [6.45, 7) is 3.35. The summed E-state index contributed by atoms with van der Waals surface area (Å²) < 4.78 is 27.0. The van der Waals surface area contributed by atoms with Crippen LogP contribution >= 0.6 is 0 Å². The summed E-state index contributed by atoms with van der Waals surface area (Å²) in [4.78, 5) is 36.6. The summed E-state index contributed by atoms with van der Waals surface area (Å²) in [7, 11) is 0. The number of hydrogen-bond acceptors (Lipinski definition) is 4. The molecule has 7 nitrogen and oxygen atoms in total. The van der Waals surface area contributed by atoms with Crippen molar-refractivity contribution in [1.82, 2.24) is 9.78 Å². The van der Waals surface area contributed by atoms with Crippen LogP contribution < -0.4 is 16.2 Å². The van der Waals surface area contributed by atoms with Crippen molar-refractivity contribution in [3.8, 4) is 0 Å². The van der Waals surface area contributed by atoms with E-state index in [0.29, 0.717) is 5.69 Å². The molecule has 0 aliphatic rings. The van der Waals surface area contributed by atoms with Gasteiger partial charge in [-0.2, -0.15) is 5.10 Å². The Morgan fingerprint density at radius 2 is 1.60 bits per heavy atom. The van der Waals surface area contributed by atoms with E-state index >= 15 is 0 Å². The van der Waals surface area contributed by atoms with Gasteiger partial charge in [-0.05, 0) is 55.3 Å². The van der Waals surface area contributed by atoms with E-state index in [1.54, 1.807) is 12.1 Å². The number of hydrogen-bond donors (Lipinski definition) is 2. The SMILES string of the molecule is Cc1ccc(NC(=O)c2ccc(=O)n(CC(=O)Nc3ccc(F)c(F)c3)n2)cc1C. The Morgan fingerprint density at radius 1 is 0.900 bits per heavy atom. The van der Waals surface area contributed by atoms with Crippen molar-refractivity contribution >= 4 is 23.2 Å². The fourth-order valence-corrected chi connectivity index (χ4v) is 2.61. The van der Waals surface area contributed by atoms with Gasteiger partial charge >= 0.3 is 0 Å². The molecule has 0 saturated carbocycles. The molecule has 2 N–H and O–H groups in total.